The first-order valence-electron chi connectivity index (χ1n) is 8.15. The average molecular weight is 356 g/mol. The molecule has 8 heteroatoms. The Morgan fingerprint density at radius 2 is 1.76 bits per heavy atom. The Hall–Kier alpha value is -2.55. The van der Waals surface area contributed by atoms with E-state index in [1.807, 2.05) is 4.57 Å². The molecule has 7 nitrogen and oxygen atoms in total. The van der Waals surface area contributed by atoms with Crippen LogP contribution in [0.3, 0.4) is 0 Å². The van der Waals surface area contributed by atoms with Crippen molar-refractivity contribution in [3.8, 4) is 23.7 Å². The van der Waals surface area contributed by atoms with Gasteiger partial charge < -0.3 is 15.2 Å². The molecule has 0 unspecified atom stereocenters. The van der Waals surface area contributed by atoms with Crippen LogP contribution in [0.4, 0.5) is 5.95 Å². The number of rotatable bonds is 3. The molecule has 0 radical (unpaired) electrons. The summed E-state index contributed by atoms with van der Waals surface area (Å²) in [7, 11) is 0. The number of hydrogen-bond acceptors (Lipinski definition) is 5. The SMILES string of the molecule is CC#CCn1c(=S)[nH]c2nc(N3CCNCC3)n(CC#CC)c2c1=O. The van der Waals surface area contributed by atoms with Crippen LogP contribution in [-0.2, 0) is 13.1 Å². The van der Waals surface area contributed by atoms with Crippen molar-refractivity contribution in [1.29, 1.82) is 0 Å². The van der Waals surface area contributed by atoms with Crippen LogP contribution in [0.15, 0.2) is 4.79 Å². The van der Waals surface area contributed by atoms with Gasteiger partial charge in [0, 0.05) is 26.2 Å². The van der Waals surface area contributed by atoms with Crippen LogP contribution in [-0.4, -0.2) is 45.3 Å². The first-order valence-corrected chi connectivity index (χ1v) is 8.56. The highest BCUT2D eigenvalue weighted by Gasteiger charge is 2.21. The number of piperazine rings is 1. The normalized spacial score (nSPS) is 13.9. The molecule has 0 spiro atoms. The Kier molecular flexibility index (Phi) is 5.22. The Balaban J connectivity index is 2.23. The zero-order chi connectivity index (χ0) is 17.8. The molecule has 0 atom stereocenters. The van der Waals surface area contributed by atoms with Crippen molar-refractivity contribution < 1.29 is 0 Å². The predicted octanol–water partition coefficient (Wildman–Crippen LogP) is 0.712. The number of nitrogens with zero attached hydrogens (tertiary/aromatic N) is 4. The molecule has 0 aromatic carbocycles. The third-order valence-electron chi connectivity index (χ3n) is 4.09. The lowest BCUT2D eigenvalue weighted by Gasteiger charge is -2.28. The van der Waals surface area contributed by atoms with Crippen molar-refractivity contribution in [2.75, 3.05) is 31.1 Å². The Morgan fingerprint density at radius 1 is 1.12 bits per heavy atom. The molecule has 1 saturated heterocycles. The largest absolute Gasteiger partial charge is 0.340 e. The van der Waals surface area contributed by atoms with Crippen molar-refractivity contribution in [3.05, 3.63) is 15.1 Å². The Labute approximate surface area is 151 Å². The summed E-state index contributed by atoms with van der Waals surface area (Å²) in [6.07, 6.45) is 0. The molecular weight excluding hydrogens is 336 g/mol. The van der Waals surface area contributed by atoms with E-state index in [4.69, 9.17) is 12.2 Å². The van der Waals surface area contributed by atoms with E-state index in [1.54, 1.807) is 13.8 Å². The Morgan fingerprint density at radius 3 is 2.40 bits per heavy atom. The highest BCUT2D eigenvalue weighted by atomic mass is 32.1. The number of nitrogens with one attached hydrogen (secondary N) is 2. The summed E-state index contributed by atoms with van der Waals surface area (Å²) in [6, 6.07) is 0. The minimum absolute atomic E-state index is 0.187. The van der Waals surface area contributed by atoms with Crippen molar-refractivity contribution >= 4 is 29.3 Å². The van der Waals surface area contributed by atoms with Crippen LogP contribution < -0.4 is 15.8 Å². The van der Waals surface area contributed by atoms with Gasteiger partial charge in [-0.2, -0.15) is 4.98 Å². The number of imidazole rings is 1. The van der Waals surface area contributed by atoms with Gasteiger partial charge in [0.05, 0.1) is 13.1 Å². The summed E-state index contributed by atoms with van der Waals surface area (Å²) in [6.45, 7) is 7.62. The quantitative estimate of drug-likeness (QED) is 0.626. The summed E-state index contributed by atoms with van der Waals surface area (Å²) in [5, 5.41) is 3.32. The minimum Gasteiger partial charge on any atom is -0.340 e. The van der Waals surface area contributed by atoms with Gasteiger partial charge in [0.25, 0.3) is 5.56 Å². The standard InChI is InChI=1S/C17H20N6OS/c1-3-5-9-22-13-14(19-16(22)21-11-7-18-8-12-21)20-17(25)23(15(13)24)10-6-4-2/h18H,7-12H2,1-2H3,(H,20,25). The van der Waals surface area contributed by atoms with Crippen molar-refractivity contribution in [1.82, 2.24) is 24.4 Å². The second-order valence-electron chi connectivity index (χ2n) is 5.61. The third kappa shape index (κ3) is 3.32. The first kappa shape index (κ1) is 17.3. The van der Waals surface area contributed by atoms with Gasteiger partial charge in [-0.25, -0.2) is 0 Å². The zero-order valence-electron chi connectivity index (χ0n) is 14.3. The fraction of sp³-hybridized carbons (Fsp3) is 0.471. The van der Waals surface area contributed by atoms with E-state index in [1.165, 1.54) is 4.57 Å². The summed E-state index contributed by atoms with van der Waals surface area (Å²) in [5.41, 5.74) is 0.804. The smallest absolute Gasteiger partial charge is 0.281 e. The van der Waals surface area contributed by atoms with E-state index in [9.17, 15) is 4.79 Å². The molecule has 2 aromatic heterocycles. The zero-order valence-corrected chi connectivity index (χ0v) is 15.2. The van der Waals surface area contributed by atoms with Crippen LogP contribution in [0.2, 0.25) is 0 Å². The van der Waals surface area contributed by atoms with E-state index in [2.05, 4.69) is 43.9 Å². The van der Waals surface area contributed by atoms with Gasteiger partial charge in [0.15, 0.2) is 15.9 Å². The molecular formula is C17H20N6OS. The molecule has 0 aliphatic carbocycles. The average Bonchev–Trinajstić information content (AvgIpc) is 2.99. The molecule has 3 rings (SSSR count). The van der Waals surface area contributed by atoms with E-state index in [-0.39, 0.29) is 12.1 Å². The fourth-order valence-corrected chi connectivity index (χ4v) is 3.09. The van der Waals surface area contributed by atoms with Gasteiger partial charge in [0.1, 0.15) is 0 Å². The van der Waals surface area contributed by atoms with Gasteiger partial charge in [-0.3, -0.25) is 13.9 Å². The fourth-order valence-electron chi connectivity index (χ4n) is 2.85. The molecule has 0 amide bonds. The van der Waals surface area contributed by atoms with Crippen molar-refractivity contribution in [3.63, 3.8) is 0 Å². The minimum atomic E-state index is -0.187. The van der Waals surface area contributed by atoms with Crippen LogP contribution in [0.1, 0.15) is 13.8 Å². The van der Waals surface area contributed by atoms with Crippen LogP contribution in [0.25, 0.3) is 11.2 Å². The van der Waals surface area contributed by atoms with Crippen molar-refractivity contribution in [2.24, 2.45) is 0 Å². The molecule has 130 valence electrons. The van der Waals surface area contributed by atoms with Crippen molar-refractivity contribution in [2.45, 2.75) is 26.9 Å². The summed E-state index contributed by atoms with van der Waals surface area (Å²) < 4.78 is 3.67. The highest BCUT2D eigenvalue weighted by molar-refractivity contribution is 7.71. The maximum absolute atomic E-state index is 13.0. The third-order valence-corrected chi connectivity index (χ3v) is 4.42. The first-order chi connectivity index (χ1) is 12.2. The number of fused-ring (bicyclic) bond motifs is 1. The van der Waals surface area contributed by atoms with Gasteiger partial charge >= 0.3 is 0 Å². The number of aromatic nitrogens is 4. The summed E-state index contributed by atoms with van der Waals surface area (Å²) in [5.74, 6) is 12.4. The molecule has 1 aliphatic rings. The molecule has 0 bridgehead atoms. The van der Waals surface area contributed by atoms with E-state index in [0.29, 0.717) is 22.5 Å². The molecule has 25 heavy (non-hydrogen) atoms. The van der Waals surface area contributed by atoms with Gasteiger partial charge in [-0.1, -0.05) is 11.8 Å². The monoisotopic (exact) mass is 356 g/mol. The second kappa shape index (κ2) is 7.56. The summed E-state index contributed by atoms with van der Waals surface area (Å²) >= 11 is 5.32. The maximum Gasteiger partial charge on any atom is 0.281 e. The number of hydrogen-bond donors (Lipinski definition) is 2. The molecule has 2 aromatic rings. The number of H-pyrrole nitrogens is 1. The lowest BCUT2D eigenvalue weighted by molar-refractivity contribution is 0.573. The molecule has 2 N–H and O–H groups in total. The molecule has 1 aliphatic heterocycles. The number of anilines is 1. The summed E-state index contributed by atoms with van der Waals surface area (Å²) in [4.78, 5) is 22.9. The highest BCUT2D eigenvalue weighted by Crippen LogP contribution is 2.19. The predicted molar refractivity (Wildman–Crippen MR) is 101 cm³/mol. The molecule has 1 fully saturated rings. The van der Waals surface area contributed by atoms with Crippen LogP contribution in [0.5, 0.6) is 0 Å². The van der Waals surface area contributed by atoms with E-state index in [0.717, 1.165) is 32.1 Å². The molecule has 0 saturated carbocycles. The van der Waals surface area contributed by atoms with Crippen LogP contribution >= 0.6 is 12.2 Å². The topological polar surface area (TPSA) is 70.9 Å². The second-order valence-corrected chi connectivity index (χ2v) is 5.99. The Bertz CT molecular complexity index is 1020. The van der Waals surface area contributed by atoms with E-state index < -0.39 is 0 Å². The van der Waals surface area contributed by atoms with E-state index >= 15 is 0 Å². The maximum atomic E-state index is 13.0. The van der Waals surface area contributed by atoms with Gasteiger partial charge in [0.2, 0.25) is 5.95 Å². The molecule has 3 heterocycles. The lowest BCUT2D eigenvalue weighted by Crippen LogP contribution is -2.44. The van der Waals surface area contributed by atoms with Gasteiger partial charge in [-0.15, -0.1) is 11.8 Å². The lowest BCUT2D eigenvalue weighted by atomic mass is 10.4. The van der Waals surface area contributed by atoms with Gasteiger partial charge in [-0.05, 0) is 26.1 Å². The van der Waals surface area contributed by atoms with Crippen LogP contribution in [0, 0.1) is 28.5 Å². The number of aromatic amines is 1.